The summed E-state index contributed by atoms with van der Waals surface area (Å²) in [6, 6.07) is 6.27. The molecule has 5 nitrogen and oxygen atoms in total. The Morgan fingerprint density at radius 1 is 1.23 bits per heavy atom. The number of rotatable bonds is 4. The fraction of sp³-hybridized carbons (Fsp3) is 0.529. The minimum Gasteiger partial charge on any atom is -0.338 e. The van der Waals surface area contributed by atoms with Crippen LogP contribution in [0.25, 0.3) is 0 Å². The average molecular weight is 301 g/mol. The van der Waals surface area contributed by atoms with E-state index < -0.39 is 0 Å². The molecule has 1 fully saturated rings. The van der Waals surface area contributed by atoms with E-state index in [0.717, 1.165) is 36.1 Å². The van der Waals surface area contributed by atoms with Crippen LogP contribution in [-0.2, 0) is 17.6 Å². The van der Waals surface area contributed by atoms with Crippen LogP contribution in [0.3, 0.4) is 0 Å². The highest BCUT2D eigenvalue weighted by atomic mass is 16.2. The number of urea groups is 1. The minimum absolute atomic E-state index is 0.0529. The fourth-order valence-corrected chi connectivity index (χ4v) is 3.24. The summed E-state index contributed by atoms with van der Waals surface area (Å²) >= 11 is 0. The topological polar surface area (TPSA) is 70.2 Å². The molecule has 1 aromatic rings. The van der Waals surface area contributed by atoms with E-state index in [4.69, 9.17) is 0 Å². The van der Waals surface area contributed by atoms with Gasteiger partial charge < -0.3 is 16.0 Å². The predicted molar refractivity (Wildman–Crippen MR) is 85.9 cm³/mol. The lowest BCUT2D eigenvalue weighted by Crippen LogP contribution is -2.43. The van der Waals surface area contributed by atoms with Crippen LogP contribution in [0.15, 0.2) is 18.2 Å². The number of amides is 3. The molecule has 0 bridgehead atoms. The molecule has 3 N–H and O–H groups in total. The van der Waals surface area contributed by atoms with Crippen molar-refractivity contribution in [1.82, 2.24) is 10.6 Å². The van der Waals surface area contributed by atoms with Crippen LogP contribution in [0.5, 0.6) is 0 Å². The van der Waals surface area contributed by atoms with Gasteiger partial charge in [0.2, 0.25) is 5.91 Å². The van der Waals surface area contributed by atoms with E-state index in [-0.39, 0.29) is 11.9 Å². The second kappa shape index (κ2) is 6.81. The minimum atomic E-state index is -0.0649. The zero-order chi connectivity index (χ0) is 15.4. The highest BCUT2D eigenvalue weighted by Gasteiger charge is 2.17. The van der Waals surface area contributed by atoms with Gasteiger partial charge in [-0.2, -0.15) is 0 Å². The summed E-state index contributed by atoms with van der Waals surface area (Å²) in [5.41, 5.74) is 3.11. The number of benzene rings is 1. The number of carbonyl (C=O) groups is 2. The van der Waals surface area contributed by atoms with Gasteiger partial charge in [0, 0.05) is 18.3 Å². The Bertz CT molecular complexity index is 565. The van der Waals surface area contributed by atoms with Gasteiger partial charge in [-0.15, -0.1) is 0 Å². The molecular weight excluding hydrogens is 278 g/mol. The third-order valence-corrected chi connectivity index (χ3v) is 4.43. The van der Waals surface area contributed by atoms with Crippen molar-refractivity contribution in [3.63, 3.8) is 0 Å². The van der Waals surface area contributed by atoms with Crippen LogP contribution in [0, 0.1) is 0 Å². The first-order chi connectivity index (χ1) is 10.7. The van der Waals surface area contributed by atoms with Crippen LogP contribution in [0.2, 0.25) is 0 Å². The number of hydrogen-bond acceptors (Lipinski definition) is 2. The number of fused-ring (bicyclic) bond motifs is 1. The molecule has 0 atom stereocenters. The molecule has 0 aromatic heterocycles. The van der Waals surface area contributed by atoms with E-state index in [1.54, 1.807) is 0 Å². The molecule has 1 saturated carbocycles. The maximum atomic E-state index is 11.9. The quantitative estimate of drug-likeness (QED) is 0.799. The summed E-state index contributed by atoms with van der Waals surface area (Å²) in [5, 5.41) is 8.80. The molecule has 1 heterocycles. The van der Waals surface area contributed by atoms with E-state index in [1.807, 2.05) is 18.2 Å². The maximum Gasteiger partial charge on any atom is 0.315 e. The van der Waals surface area contributed by atoms with Gasteiger partial charge in [-0.05, 0) is 36.5 Å². The molecule has 1 aliphatic carbocycles. The van der Waals surface area contributed by atoms with Gasteiger partial charge in [0.25, 0.3) is 0 Å². The Labute approximate surface area is 130 Å². The number of anilines is 1. The van der Waals surface area contributed by atoms with Gasteiger partial charge in [-0.1, -0.05) is 31.4 Å². The monoisotopic (exact) mass is 301 g/mol. The zero-order valence-electron chi connectivity index (χ0n) is 12.8. The SMILES string of the molecule is O=C1Cc2cc(CCNC(=O)NC3CCCCC3)ccc2N1. The van der Waals surface area contributed by atoms with Crippen molar-refractivity contribution in [3.05, 3.63) is 29.3 Å². The molecule has 0 spiro atoms. The van der Waals surface area contributed by atoms with Gasteiger partial charge >= 0.3 is 6.03 Å². The summed E-state index contributed by atoms with van der Waals surface area (Å²) in [6.45, 7) is 0.610. The van der Waals surface area contributed by atoms with Gasteiger partial charge in [0.15, 0.2) is 0 Å². The Balaban J connectivity index is 1.42. The van der Waals surface area contributed by atoms with Crippen molar-refractivity contribution < 1.29 is 9.59 Å². The number of hydrogen-bond donors (Lipinski definition) is 3. The van der Waals surface area contributed by atoms with Crippen LogP contribution < -0.4 is 16.0 Å². The molecule has 1 aromatic carbocycles. The third-order valence-electron chi connectivity index (χ3n) is 4.43. The zero-order valence-corrected chi connectivity index (χ0v) is 12.8. The highest BCUT2D eigenvalue weighted by molar-refractivity contribution is 5.99. The van der Waals surface area contributed by atoms with E-state index in [1.165, 1.54) is 19.3 Å². The largest absolute Gasteiger partial charge is 0.338 e. The standard InChI is InChI=1S/C17H23N3O2/c21-16-11-13-10-12(6-7-15(13)20-16)8-9-18-17(22)19-14-4-2-1-3-5-14/h6-7,10,14H,1-5,8-9,11H2,(H,20,21)(H2,18,19,22). The molecular formula is C17H23N3O2. The highest BCUT2D eigenvalue weighted by Crippen LogP contribution is 2.23. The molecule has 0 unspecified atom stereocenters. The molecule has 118 valence electrons. The predicted octanol–water partition coefficient (Wildman–Crippen LogP) is 2.36. The third kappa shape index (κ3) is 3.78. The molecule has 3 amide bonds. The van der Waals surface area contributed by atoms with Crippen molar-refractivity contribution >= 4 is 17.6 Å². The molecule has 22 heavy (non-hydrogen) atoms. The molecule has 5 heteroatoms. The average Bonchev–Trinajstić information content (AvgIpc) is 2.87. The molecule has 0 radical (unpaired) electrons. The van der Waals surface area contributed by atoms with Crippen LogP contribution in [0.1, 0.15) is 43.2 Å². The van der Waals surface area contributed by atoms with E-state index in [0.29, 0.717) is 19.0 Å². The molecule has 3 rings (SSSR count). The molecule has 1 aliphatic heterocycles. The van der Waals surface area contributed by atoms with E-state index in [9.17, 15) is 9.59 Å². The lowest BCUT2D eigenvalue weighted by atomic mass is 9.96. The Hall–Kier alpha value is -2.04. The van der Waals surface area contributed by atoms with Crippen molar-refractivity contribution in [1.29, 1.82) is 0 Å². The Morgan fingerprint density at radius 2 is 2.05 bits per heavy atom. The first kappa shape index (κ1) is 14.9. The van der Waals surface area contributed by atoms with Crippen molar-refractivity contribution in [2.24, 2.45) is 0 Å². The van der Waals surface area contributed by atoms with E-state index in [2.05, 4.69) is 16.0 Å². The second-order valence-corrected chi connectivity index (χ2v) is 6.20. The lowest BCUT2D eigenvalue weighted by molar-refractivity contribution is -0.115. The summed E-state index contributed by atoms with van der Waals surface area (Å²) in [4.78, 5) is 23.2. The molecule has 0 saturated heterocycles. The fourth-order valence-electron chi connectivity index (χ4n) is 3.24. The summed E-state index contributed by atoms with van der Waals surface area (Å²) in [6.07, 6.45) is 7.14. The summed E-state index contributed by atoms with van der Waals surface area (Å²) < 4.78 is 0. The smallest absolute Gasteiger partial charge is 0.315 e. The normalized spacial score (nSPS) is 17.7. The van der Waals surface area contributed by atoms with Crippen LogP contribution >= 0.6 is 0 Å². The molecule has 2 aliphatic rings. The number of nitrogens with one attached hydrogen (secondary N) is 3. The maximum absolute atomic E-state index is 11.9. The van der Waals surface area contributed by atoms with Crippen molar-refractivity contribution in [2.75, 3.05) is 11.9 Å². The first-order valence-electron chi connectivity index (χ1n) is 8.17. The van der Waals surface area contributed by atoms with Crippen LogP contribution in [-0.4, -0.2) is 24.5 Å². The summed E-state index contributed by atoms with van der Waals surface area (Å²) in [5.74, 6) is 0.0529. The van der Waals surface area contributed by atoms with Gasteiger partial charge in [0.1, 0.15) is 0 Å². The number of carbonyl (C=O) groups excluding carboxylic acids is 2. The van der Waals surface area contributed by atoms with Gasteiger partial charge in [0.05, 0.1) is 6.42 Å². The van der Waals surface area contributed by atoms with Crippen molar-refractivity contribution in [3.8, 4) is 0 Å². The van der Waals surface area contributed by atoms with Gasteiger partial charge in [-0.25, -0.2) is 4.79 Å². The van der Waals surface area contributed by atoms with E-state index >= 15 is 0 Å². The van der Waals surface area contributed by atoms with Crippen molar-refractivity contribution in [2.45, 2.75) is 51.0 Å². The summed E-state index contributed by atoms with van der Waals surface area (Å²) in [7, 11) is 0. The Kier molecular flexibility index (Phi) is 4.61. The second-order valence-electron chi connectivity index (χ2n) is 6.20. The Morgan fingerprint density at radius 3 is 2.86 bits per heavy atom. The first-order valence-corrected chi connectivity index (χ1v) is 8.17. The van der Waals surface area contributed by atoms with Crippen LogP contribution in [0.4, 0.5) is 10.5 Å². The van der Waals surface area contributed by atoms with Gasteiger partial charge in [-0.3, -0.25) is 4.79 Å². The lowest BCUT2D eigenvalue weighted by Gasteiger charge is -2.22.